The second-order valence-corrected chi connectivity index (χ2v) is 4.69. The molecule has 1 heterocycles. The summed E-state index contributed by atoms with van der Waals surface area (Å²) < 4.78 is 5.32. The molecule has 0 aromatic carbocycles. The van der Waals surface area contributed by atoms with Gasteiger partial charge in [-0.15, -0.1) is 24.0 Å². The fourth-order valence-corrected chi connectivity index (χ4v) is 2.07. The Balaban J connectivity index is 0.00000289. The highest BCUT2D eigenvalue weighted by atomic mass is 127. The Kier molecular flexibility index (Phi) is 10.8. The molecule has 0 aromatic heterocycles. The predicted molar refractivity (Wildman–Crippen MR) is 87.9 cm³/mol. The van der Waals surface area contributed by atoms with Gasteiger partial charge in [0.05, 0.1) is 0 Å². The third-order valence-electron chi connectivity index (χ3n) is 3.25. The van der Waals surface area contributed by atoms with Crippen molar-refractivity contribution >= 4 is 29.9 Å². The summed E-state index contributed by atoms with van der Waals surface area (Å²) in [6.07, 6.45) is 3.59. The van der Waals surface area contributed by atoms with Gasteiger partial charge in [0.2, 0.25) is 0 Å². The van der Waals surface area contributed by atoms with Gasteiger partial charge in [-0.25, -0.2) is 0 Å². The molecule has 1 aliphatic heterocycles. The molecule has 0 spiro atoms. The van der Waals surface area contributed by atoms with Crippen LogP contribution in [-0.2, 0) is 4.74 Å². The molecule has 1 saturated heterocycles. The number of nitrogens with one attached hydrogen (secondary N) is 1. The molecule has 1 aliphatic rings. The van der Waals surface area contributed by atoms with Gasteiger partial charge in [0.15, 0.2) is 5.96 Å². The number of likely N-dealkylation sites (tertiary alicyclic amines) is 1. The lowest BCUT2D eigenvalue weighted by atomic mass is 10.00. The molecule has 1 rings (SSSR count). The van der Waals surface area contributed by atoms with E-state index in [9.17, 15) is 0 Å². The molecule has 5 heteroatoms. The maximum absolute atomic E-state index is 5.32. The summed E-state index contributed by atoms with van der Waals surface area (Å²) in [4.78, 5) is 6.71. The number of hydrogen-bond acceptors (Lipinski definition) is 2. The van der Waals surface area contributed by atoms with Crippen molar-refractivity contribution in [1.29, 1.82) is 0 Å². The number of aliphatic imine (C=N–C) groups is 1. The molecular weight excluding hydrogens is 341 g/mol. The standard InChI is InChI=1S/C13H27N3O.HI/c1-4-17-11-5-8-15-13(14-3)16-9-6-12(2)7-10-16;/h12H,4-11H2,1-3H3,(H,14,15);1H. The number of ether oxygens (including phenoxy) is 1. The predicted octanol–water partition coefficient (Wildman–Crippen LogP) is 2.34. The Morgan fingerprint density at radius 3 is 2.61 bits per heavy atom. The van der Waals surface area contributed by atoms with Gasteiger partial charge in [-0.3, -0.25) is 4.99 Å². The smallest absolute Gasteiger partial charge is 0.193 e. The largest absolute Gasteiger partial charge is 0.382 e. The minimum absolute atomic E-state index is 0. The monoisotopic (exact) mass is 369 g/mol. The van der Waals surface area contributed by atoms with Crippen LogP contribution >= 0.6 is 24.0 Å². The molecule has 0 unspecified atom stereocenters. The van der Waals surface area contributed by atoms with Crippen LogP contribution in [0.1, 0.15) is 33.1 Å². The fourth-order valence-electron chi connectivity index (χ4n) is 2.07. The molecule has 18 heavy (non-hydrogen) atoms. The van der Waals surface area contributed by atoms with Crippen molar-refractivity contribution in [3.05, 3.63) is 0 Å². The van der Waals surface area contributed by atoms with Crippen LogP contribution in [0, 0.1) is 5.92 Å². The van der Waals surface area contributed by atoms with E-state index in [4.69, 9.17) is 4.74 Å². The van der Waals surface area contributed by atoms with E-state index in [1.54, 1.807) is 0 Å². The number of nitrogens with zero attached hydrogens (tertiary/aromatic N) is 2. The average Bonchev–Trinajstić information content (AvgIpc) is 2.35. The van der Waals surface area contributed by atoms with Gasteiger partial charge in [0.1, 0.15) is 0 Å². The first-order valence-electron chi connectivity index (χ1n) is 6.81. The van der Waals surface area contributed by atoms with Crippen molar-refractivity contribution in [2.24, 2.45) is 10.9 Å². The zero-order valence-electron chi connectivity index (χ0n) is 11.9. The van der Waals surface area contributed by atoms with E-state index in [0.29, 0.717) is 0 Å². The number of halogens is 1. The van der Waals surface area contributed by atoms with Gasteiger partial charge in [-0.05, 0) is 32.1 Å². The van der Waals surface area contributed by atoms with Gasteiger partial charge in [0, 0.05) is 39.9 Å². The minimum Gasteiger partial charge on any atom is -0.382 e. The molecule has 0 aromatic rings. The van der Waals surface area contributed by atoms with Crippen LogP contribution in [-0.4, -0.2) is 50.8 Å². The van der Waals surface area contributed by atoms with Crippen LogP contribution in [0.2, 0.25) is 0 Å². The SMILES string of the molecule is CCOCCCNC(=NC)N1CCC(C)CC1.I. The van der Waals surface area contributed by atoms with Crippen molar-refractivity contribution in [1.82, 2.24) is 10.2 Å². The van der Waals surface area contributed by atoms with Crippen molar-refractivity contribution in [2.75, 3.05) is 39.9 Å². The van der Waals surface area contributed by atoms with E-state index in [1.165, 1.54) is 12.8 Å². The Morgan fingerprint density at radius 2 is 2.06 bits per heavy atom. The maximum Gasteiger partial charge on any atom is 0.193 e. The van der Waals surface area contributed by atoms with Crippen LogP contribution in [0.15, 0.2) is 4.99 Å². The topological polar surface area (TPSA) is 36.9 Å². The molecule has 0 bridgehead atoms. The van der Waals surface area contributed by atoms with E-state index < -0.39 is 0 Å². The molecule has 108 valence electrons. The van der Waals surface area contributed by atoms with Crippen LogP contribution in [0.4, 0.5) is 0 Å². The molecule has 0 radical (unpaired) electrons. The number of rotatable bonds is 5. The van der Waals surface area contributed by atoms with E-state index in [-0.39, 0.29) is 24.0 Å². The lowest BCUT2D eigenvalue weighted by Gasteiger charge is -2.32. The van der Waals surface area contributed by atoms with E-state index in [2.05, 4.69) is 22.1 Å². The highest BCUT2D eigenvalue weighted by molar-refractivity contribution is 14.0. The van der Waals surface area contributed by atoms with Gasteiger partial charge in [-0.2, -0.15) is 0 Å². The molecule has 0 amide bonds. The van der Waals surface area contributed by atoms with Crippen LogP contribution in [0.3, 0.4) is 0 Å². The fraction of sp³-hybridized carbons (Fsp3) is 0.923. The second-order valence-electron chi connectivity index (χ2n) is 4.69. The average molecular weight is 369 g/mol. The van der Waals surface area contributed by atoms with Gasteiger partial charge >= 0.3 is 0 Å². The van der Waals surface area contributed by atoms with Gasteiger partial charge < -0.3 is 15.0 Å². The molecule has 1 fully saturated rings. The maximum atomic E-state index is 5.32. The highest BCUT2D eigenvalue weighted by Crippen LogP contribution is 2.15. The van der Waals surface area contributed by atoms with Crippen LogP contribution in [0.25, 0.3) is 0 Å². The molecule has 0 atom stereocenters. The van der Waals surface area contributed by atoms with Crippen LogP contribution in [0.5, 0.6) is 0 Å². The normalized spacial score (nSPS) is 17.5. The summed E-state index contributed by atoms with van der Waals surface area (Å²) in [5, 5.41) is 3.41. The zero-order valence-corrected chi connectivity index (χ0v) is 14.3. The van der Waals surface area contributed by atoms with Crippen molar-refractivity contribution in [3.8, 4) is 0 Å². The second kappa shape index (κ2) is 10.8. The van der Waals surface area contributed by atoms with Crippen LogP contribution < -0.4 is 5.32 Å². The van der Waals surface area contributed by atoms with Crippen molar-refractivity contribution < 1.29 is 4.74 Å². The number of hydrogen-bond donors (Lipinski definition) is 1. The first kappa shape index (κ1) is 18.0. The first-order valence-corrected chi connectivity index (χ1v) is 6.81. The summed E-state index contributed by atoms with van der Waals surface area (Å²) in [5.41, 5.74) is 0. The third-order valence-corrected chi connectivity index (χ3v) is 3.25. The lowest BCUT2D eigenvalue weighted by Crippen LogP contribution is -2.45. The molecule has 0 saturated carbocycles. The number of piperidine rings is 1. The minimum atomic E-state index is 0. The lowest BCUT2D eigenvalue weighted by molar-refractivity contribution is 0.145. The number of guanidine groups is 1. The summed E-state index contributed by atoms with van der Waals surface area (Å²) >= 11 is 0. The van der Waals surface area contributed by atoms with Crippen molar-refractivity contribution in [3.63, 3.8) is 0 Å². The Labute approximate surface area is 129 Å². The zero-order chi connectivity index (χ0) is 12.5. The quantitative estimate of drug-likeness (QED) is 0.350. The Morgan fingerprint density at radius 1 is 1.39 bits per heavy atom. The summed E-state index contributed by atoms with van der Waals surface area (Å²) in [6, 6.07) is 0. The van der Waals surface area contributed by atoms with E-state index in [1.807, 2.05) is 14.0 Å². The molecule has 0 aliphatic carbocycles. The van der Waals surface area contributed by atoms with Gasteiger partial charge in [0.25, 0.3) is 0 Å². The Hall–Kier alpha value is -0.0400. The van der Waals surface area contributed by atoms with Crippen molar-refractivity contribution in [2.45, 2.75) is 33.1 Å². The molecular formula is C13H28IN3O. The van der Waals surface area contributed by atoms with E-state index in [0.717, 1.165) is 51.1 Å². The molecule has 4 nitrogen and oxygen atoms in total. The third kappa shape index (κ3) is 6.78. The first-order chi connectivity index (χ1) is 8.27. The van der Waals surface area contributed by atoms with Gasteiger partial charge in [-0.1, -0.05) is 6.92 Å². The molecule has 1 N–H and O–H groups in total. The van der Waals surface area contributed by atoms with E-state index >= 15 is 0 Å². The summed E-state index contributed by atoms with van der Waals surface area (Å²) in [6.45, 7) is 9.20. The summed E-state index contributed by atoms with van der Waals surface area (Å²) in [5.74, 6) is 1.91. The Bertz CT molecular complexity index is 228. The highest BCUT2D eigenvalue weighted by Gasteiger charge is 2.17. The summed E-state index contributed by atoms with van der Waals surface area (Å²) in [7, 11) is 1.86.